The van der Waals surface area contributed by atoms with Crippen LogP contribution in [0.2, 0.25) is 0 Å². The summed E-state index contributed by atoms with van der Waals surface area (Å²) >= 11 is 2.13. The summed E-state index contributed by atoms with van der Waals surface area (Å²) in [5.74, 6) is 3.31. The summed E-state index contributed by atoms with van der Waals surface area (Å²) in [5.41, 5.74) is 0. The Bertz CT molecular complexity index is 88.6. The fraction of sp³-hybridized carbons (Fsp3) is 1.00. The molecule has 0 aliphatic carbocycles. The maximum absolute atomic E-state index is 2.34. The van der Waals surface area contributed by atoms with E-state index in [4.69, 9.17) is 0 Å². The average Bonchev–Trinajstić information content (AvgIpc) is 2.14. The molecule has 0 amide bonds. The van der Waals surface area contributed by atoms with Gasteiger partial charge in [0.15, 0.2) is 0 Å². The van der Waals surface area contributed by atoms with Crippen LogP contribution in [0.25, 0.3) is 0 Å². The van der Waals surface area contributed by atoms with Crippen LogP contribution in [-0.4, -0.2) is 11.0 Å². The molecule has 0 saturated carbocycles. The molecule has 2 atom stereocenters. The lowest BCUT2D eigenvalue weighted by Crippen LogP contribution is -2.07. The molecule has 9 heavy (non-hydrogen) atoms. The van der Waals surface area contributed by atoms with E-state index >= 15 is 0 Å². The Labute approximate surface area is 62.4 Å². The van der Waals surface area contributed by atoms with Crippen LogP contribution in [0.3, 0.4) is 0 Å². The van der Waals surface area contributed by atoms with Crippen molar-refractivity contribution in [3.05, 3.63) is 0 Å². The van der Waals surface area contributed by atoms with Crippen molar-refractivity contribution in [3.8, 4) is 0 Å². The van der Waals surface area contributed by atoms with E-state index in [0.29, 0.717) is 0 Å². The number of thioether (sulfide) groups is 1. The van der Waals surface area contributed by atoms with E-state index in [1.807, 2.05) is 0 Å². The van der Waals surface area contributed by atoms with Gasteiger partial charge < -0.3 is 0 Å². The SMILES string of the molecule is CC(C)C1CS[C@@H](C)C1. The quantitative estimate of drug-likeness (QED) is 0.545. The molecule has 0 aromatic heterocycles. The Morgan fingerprint density at radius 1 is 1.44 bits per heavy atom. The summed E-state index contributed by atoms with van der Waals surface area (Å²) in [6.45, 7) is 7.01. The molecule has 0 bridgehead atoms. The van der Waals surface area contributed by atoms with Crippen molar-refractivity contribution in [1.29, 1.82) is 0 Å². The average molecular weight is 144 g/mol. The summed E-state index contributed by atoms with van der Waals surface area (Å²) in [6.07, 6.45) is 1.45. The lowest BCUT2D eigenvalue weighted by Gasteiger charge is -2.11. The fourth-order valence-electron chi connectivity index (χ4n) is 1.31. The standard InChI is InChI=1S/C8H16S/c1-6(2)8-4-7(3)9-5-8/h6-8H,4-5H2,1-3H3/t7-,8?/m0/s1. The molecule has 1 fully saturated rings. The maximum Gasteiger partial charge on any atom is 0.00218 e. The first-order chi connectivity index (χ1) is 4.20. The first kappa shape index (κ1) is 7.46. The van der Waals surface area contributed by atoms with Crippen molar-refractivity contribution >= 4 is 11.8 Å². The van der Waals surface area contributed by atoms with Gasteiger partial charge in [-0.25, -0.2) is 0 Å². The Morgan fingerprint density at radius 2 is 2.11 bits per heavy atom. The molecule has 1 saturated heterocycles. The molecule has 54 valence electrons. The zero-order valence-electron chi connectivity index (χ0n) is 6.55. The minimum absolute atomic E-state index is 0.905. The van der Waals surface area contributed by atoms with Gasteiger partial charge in [0.1, 0.15) is 0 Å². The summed E-state index contributed by atoms with van der Waals surface area (Å²) in [6, 6.07) is 0. The molecule has 0 N–H and O–H groups in total. The highest BCUT2D eigenvalue weighted by atomic mass is 32.2. The van der Waals surface area contributed by atoms with Crippen LogP contribution in [0.5, 0.6) is 0 Å². The van der Waals surface area contributed by atoms with E-state index < -0.39 is 0 Å². The predicted octanol–water partition coefficient (Wildman–Crippen LogP) is 2.78. The van der Waals surface area contributed by atoms with Crippen molar-refractivity contribution in [3.63, 3.8) is 0 Å². The molecular formula is C8H16S. The number of hydrogen-bond donors (Lipinski definition) is 0. The summed E-state index contributed by atoms with van der Waals surface area (Å²) in [4.78, 5) is 0. The molecule has 1 heterocycles. The Morgan fingerprint density at radius 3 is 2.33 bits per heavy atom. The van der Waals surface area contributed by atoms with Gasteiger partial charge in [0.25, 0.3) is 0 Å². The third-order valence-electron chi connectivity index (χ3n) is 2.17. The third kappa shape index (κ3) is 1.89. The minimum Gasteiger partial charge on any atom is -0.159 e. The highest BCUT2D eigenvalue weighted by Gasteiger charge is 2.23. The molecule has 1 aliphatic heterocycles. The first-order valence-electron chi connectivity index (χ1n) is 3.81. The van der Waals surface area contributed by atoms with Gasteiger partial charge in [-0.1, -0.05) is 20.8 Å². The zero-order chi connectivity index (χ0) is 6.85. The second-order valence-corrected chi connectivity index (χ2v) is 4.86. The summed E-state index contributed by atoms with van der Waals surface area (Å²) in [7, 11) is 0. The Balaban J connectivity index is 2.30. The first-order valence-corrected chi connectivity index (χ1v) is 4.86. The smallest absolute Gasteiger partial charge is 0.00218 e. The summed E-state index contributed by atoms with van der Waals surface area (Å²) < 4.78 is 0. The van der Waals surface area contributed by atoms with Crippen molar-refractivity contribution in [1.82, 2.24) is 0 Å². The zero-order valence-corrected chi connectivity index (χ0v) is 7.37. The van der Waals surface area contributed by atoms with E-state index in [-0.39, 0.29) is 0 Å². The van der Waals surface area contributed by atoms with Crippen LogP contribution in [-0.2, 0) is 0 Å². The molecule has 1 unspecified atom stereocenters. The fourth-order valence-corrected chi connectivity index (χ4v) is 2.79. The van der Waals surface area contributed by atoms with Gasteiger partial charge >= 0.3 is 0 Å². The number of hydrogen-bond acceptors (Lipinski definition) is 1. The Hall–Kier alpha value is 0.350. The van der Waals surface area contributed by atoms with Crippen LogP contribution >= 0.6 is 11.8 Å². The van der Waals surface area contributed by atoms with Gasteiger partial charge in [0, 0.05) is 5.25 Å². The minimum atomic E-state index is 0.905. The monoisotopic (exact) mass is 144 g/mol. The van der Waals surface area contributed by atoms with Crippen LogP contribution in [0, 0.1) is 11.8 Å². The molecule has 1 rings (SSSR count). The van der Waals surface area contributed by atoms with Crippen molar-refractivity contribution in [2.75, 3.05) is 5.75 Å². The third-order valence-corrected chi connectivity index (χ3v) is 3.55. The van der Waals surface area contributed by atoms with Crippen molar-refractivity contribution < 1.29 is 0 Å². The molecule has 1 heteroatoms. The molecule has 0 spiro atoms. The van der Waals surface area contributed by atoms with Crippen LogP contribution in [0.15, 0.2) is 0 Å². The molecule has 0 aromatic rings. The van der Waals surface area contributed by atoms with E-state index in [2.05, 4.69) is 32.5 Å². The van der Waals surface area contributed by atoms with Crippen LogP contribution < -0.4 is 0 Å². The van der Waals surface area contributed by atoms with Gasteiger partial charge in [-0.05, 0) is 24.0 Å². The molecule has 1 aliphatic rings. The second-order valence-electron chi connectivity index (χ2n) is 3.38. The van der Waals surface area contributed by atoms with E-state index in [9.17, 15) is 0 Å². The maximum atomic E-state index is 2.34. The van der Waals surface area contributed by atoms with Crippen molar-refractivity contribution in [2.45, 2.75) is 32.4 Å². The lowest BCUT2D eigenvalue weighted by molar-refractivity contribution is 0.416. The summed E-state index contributed by atoms with van der Waals surface area (Å²) in [5, 5.41) is 0.928. The van der Waals surface area contributed by atoms with E-state index in [0.717, 1.165) is 17.1 Å². The van der Waals surface area contributed by atoms with Gasteiger partial charge in [-0.3, -0.25) is 0 Å². The molecular weight excluding hydrogens is 128 g/mol. The van der Waals surface area contributed by atoms with Crippen LogP contribution in [0.1, 0.15) is 27.2 Å². The largest absolute Gasteiger partial charge is 0.159 e. The molecule has 0 nitrogen and oxygen atoms in total. The normalized spacial score (nSPS) is 36.0. The molecule has 0 aromatic carbocycles. The van der Waals surface area contributed by atoms with Gasteiger partial charge in [0.2, 0.25) is 0 Å². The molecule has 0 radical (unpaired) electrons. The van der Waals surface area contributed by atoms with Crippen LogP contribution in [0.4, 0.5) is 0 Å². The van der Waals surface area contributed by atoms with Gasteiger partial charge in [0.05, 0.1) is 0 Å². The lowest BCUT2D eigenvalue weighted by atomic mass is 9.94. The van der Waals surface area contributed by atoms with Crippen molar-refractivity contribution in [2.24, 2.45) is 11.8 Å². The van der Waals surface area contributed by atoms with Gasteiger partial charge in [-0.15, -0.1) is 0 Å². The second kappa shape index (κ2) is 2.96. The predicted molar refractivity (Wildman–Crippen MR) is 44.9 cm³/mol. The Kier molecular flexibility index (Phi) is 2.45. The topological polar surface area (TPSA) is 0 Å². The van der Waals surface area contributed by atoms with E-state index in [1.165, 1.54) is 12.2 Å². The van der Waals surface area contributed by atoms with E-state index in [1.54, 1.807) is 0 Å². The highest BCUT2D eigenvalue weighted by molar-refractivity contribution is 8.00. The van der Waals surface area contributed by atoms with Gasteiger partial charge in [-0.2, -0.15) is 11.8 Å². The highest BCUT2D eigenvalue weighted by Crippen LogP contribution is 2.34. The number of rotatable bonds is 1.